The van der Waals surface area contributed by atoms with Crippen LogP contribution in [0, 0.1) is 11.8 Å². The predicted molar refractivity (Wildman–Crippen MR) is 203 cm³/mol. The van der Waals surface area contributed by atoms with E-state index in [1.54, 1.807) is 0 Å². The van der Waals surface area contributed by atoms with Gasteiger partial charge in [0.25, 0.3) is 0 Å². The average molecular weight is 869 g/mol. The Labute approximate surface area is 350 Å². The van der Waals surface area contributed by atoms with Crippen molar-refractivity contribution < 1.29 is 99.4 Å². The Morgan fingerprint density at radius 3 is 1.81 bits per heavy atom. The molecule has 8 rings (SSSR count). The van der Waals surface area contributed by atoms with Crippen LogP contribution >= 0.6 is 0 Å². The standard InChI is InChI=1S/C42H44O20/c43-11-23-31(47)35(51)37(53)41(61-23)59-21-5-1-3-15-25(17-7-13(39(55)56)9-19(45)27(17)33(49)29(15)21)26-16-4-2-6-22(60-42-38(54)36(52)32(48)24(12-44)62-42)30(16)34(50)28-18(26)8-14(40(57)58)10-20(28)46/h1,3,5,7-10,16,22-26,30-32,35-38,41-48,51-54H,2,4,6,11-12H2,(H,55,56)(H,57,58)/t16-,22?,23-,24-,25-,26-,30?,31-,32-,35+,36+,37-,38-,41-,42+/m1/s1. The molecule has 12 N–H and O–H groups in total. The first-order valence-electron chi connectivity index (χ1n) is 19.8. The topological polar surface area (TPSA) is 348 Å². The first-order valence-corrected chi connectivity index (χ1v) is 19.8. The number of benzene rings is 3. The Balaban J connectivity index is 1.33. The number of aromatic hydroxyl groups is 2. The van der Waals surface area contributed by atoms with Gasteiger partial charge in [-0.15, -0.1) is 0 Å². The summed E-state index contributed by atoms with van der Waals surface area (Å²) < 4.78 is 23.4. The third kappa shape index (κ3) is 7.00. The molecule has 3 aromatic rings. The van der Waals surface area contributed by atoms with Gasteiger partial charge in [0.2, 0.25) is 12.1 Å². The number of carboxylic acids is 2. The minimum atomic E-state index is -1.92. The van der Waals surface area contributed by atoms with Crippen LogP contribution in [0.1, 0.15) is 94.8 Å². The average Bonchev–Trinajstić information content (AvgIpc) is 3.24. The summed E-state index contributed by atoms with van der Waals surface area (Å²) in [5, 5.41) is 127. The lowest BCUT2D eigenvalue weighted by Crippen LogP contribution is -2.60. The molecule has 0 aromatic heterocycles. The zero-order chi connectivity index (χ0) is 44.6. The number of hydrogen-bond acceptors (Lipinski definition) is 18. The van der Waals surface area contributed by atoms with E-state index in [9.17, 15) is 80.5 Å². The van der Waals surface area contributed by atoms with Gasteiger partial charge in [-0.3, -0.25) is 9.59 Å². The van der Waals surface area contributed by atoms with Crippen LogP contribution in [-0.4, -0.2) is 166 Å². The molecule has 15 atom stereocenters. The summed E-state index contributed by atoms with van der Waals surface area (Å²) in [6.07, 6.45) is -17.7. The highest BCUT2D eigenvalue weighted by molar-refractivity contribution is 6.16. The summed E-state index contributed by atoms with van der Waals surface area (Å²) in [5.41, 5.74) is -1.88. The Hall–Kier alpha value is -5.10. The van der Waals surface area contributed by atoms with E-state index in [0.29, 0.717) is 6.42 Å². The van der Waals surface area contributed by atoms with Crippen LogP contribution in [0.3, 0.4) is 0 Å². The molecule has 3 aliphatic carbocycles. The fourth-order valence-corrected chi connectivity index (χ4v) is 9.97. The third-order valence-corrected chi connectivity index (χ3v) is 12.8. The molecule has 0 radical (unpaired) electrons. The Morgan fingerprint density at radius 1 is 0.645 bits per heavy atom. The molecule has 2 saturated heterocycles. The number of Topliss-reactive ketones (excluding diaryl/α,β-unsaturated/α-hetero) is 1. The molecule has 0 bridgehead atoms. The summed E-state index contributed by atoms with van der Waals surface area (Å²) >= 11 is 0. The number of ether oxygens (including phenoxy) is 4. The highest BCUT2D eigenvalue weighted by Crippen LogP contribution is 2.59. The molecule has 20 heteroatoms. The number of fused-ring (bicyclic) bond motifs is 4. The maximum Gasteiger partial charge on any atom is 0.335 e. The lowest BCUT2D eigenvalue weighted by molar-refractivity contribution is -0.316. The van der Waals surface area contributed by atoms with Crippen molar-refractivity contribution in [1.82, 2.24) is 0 Å². The van der Waals surface area contributed by atoms with Gasteiger partial charge in [0, 0.05) is 5.92 Å². The van der Waals surface area contributed by atoms with Gasteiger partial charge in [-0.05, 0) is 71.7 Å². The summed E-state index contributed by atoms with van der Waals surface area (Å²) in [7, 11) is 0. The van der Waals surface area contributed by atoms with Crippen molar-refractivity contribution in [2.45, 2.75) is 98.6 Å². The van der Waals surface area contributed by atoms with Crippen molar-refractivity contribution in [3.8, 4) is 17.2 Å². The number of aliphatic hydroxyl groups is 8. The predicted octanol–water partition coefficient (Wildman–Crippen LogP) is -1.07. The summed E-state index contributed by atoms with van der Waals surface area (Å²) in [6, 6.07) is 8.26. The van der Waals surface area contributed by atoms with Crippen molar-refractivity contribution in [3.63, 3.8) is 0 Å². The molecule has 62 heavy (non-hydrogen) atoms. The van der Waals surface area contributed by atoms with E-state index in [2.05, 4.69) is 0 Å². The lowest BCUT2D eigenvalue weighted by atomic mass is 9.55. The van der Waals surface area contributed by atoms with Gasteiger partial charge in [0.05, 0.1) is 53.1 Å². The van der Waals surface area contributed by atoms with Gasteiger partial charge >= 0.3 is 11.9 Å². The Bertz CT molecular complexity index is 2290. The zero-order valence-electron chi connectivity index (χ0n) is 32.4. The number of phenols is 2. The fourth-order valence-electron chi connectivity index (χ4n) is 9.97. The third-order valence-electron chi connectivity index (χ3n) is 12.8. The van der Waals surface area contributed by atoms with E-state index in [1.165, 1.54) is 24.3 Å². The number of carboxylic acid groups (broad SMARTS) is 2. The van der Waals surface area contributed by atoms with Crippen molar-refractivity contribution >= 4 is 23.5 Å². The molecule has 20 nitrogen and oxygen atoms in total. The van der Waals surface area contributed by atoms with Crippen molar-refractivity contribution in [3.05, 3.63) is 87.0 Å². The smallest absolute Gasteiger partial charge is 0.335 e. The number of aromatic carboxylic acids is 2. The van der Waals surface area contributed by atoms with Crippen LogP contribution in [0.25, 0.3) is 0 Å². The van der Waals surface area contributed by atoms with E-state index in [-0.39, 0.29) is 46.4 Å². The van der Waals surface area contributed by atoms with Crippen LogP contribution in [0.15, 0.2) is 42.5 Å². The molecule has 2 unspecified atom stereocenters. The number of carbonyl (C=O) groups is 4. The van der Waals surface area contributed by atoms with E-state index in [1.807, 2.05) is 0 Å². The van der Waals surface area contributed by atoms with Crippen molar-refractivity contribution in [2.24, 2.45) is 11.8 Å². The maximum absolute atomic E-state index is 14.8. The number of phenolic OH excluding ortho intramolecular Hbond substituents is 2. The molecular weight excluding hydrogens is 824 g/mol. The van der Waals surface area contributed by atoms with Gasteiger partial charge < -0.3 is 80.2 Å². The second kappa shape index (κ2) is 16.5. The van der Waals surface area contributed by atoms with Crippen LogP contribution in [0.5, 0.6) is 17.2 Å². The minimum Gasteiger partial charge on any atom is -0.507 e. The number of aliphatic hydroxyl groups excluding tert-OH is 8. The normalized spacial score (nSPS) is 35.3. The van der Waals surface area contributed by atoms with E-state index < -0.39 is 156 Å². The van der Waals surface area contributed by atoms with Crippen LogP contribution in [0.4, 0.5) is 0 Å². The molecule has 5 aliphatic rings. The monoisotopic (exact) mass is 868 g/mol. The number of ketones is 2. The molecule has 0 amide bonds. The van der Waals surface area contributed by atoms with E-state index in [0.717, 1.165) is 18.2 Å². The second-order valence-corrected chi connectivity index (χ2v) is 16.3. The molecule has 0 spiro atoms. The fraction of sp³-hybridized carbons (Fsp3) is 0.476. The largest absolute Gasteiger partial charge is 0.507 e. The van der Waals surface area contributed by atoms with Gasteiger partial charge in [-0.2, -0.15) is 0 Å². The Kier molecular flexibility index (Phi) is 11.6. The van der Waals surface area contributed by atoms with Gasteiger partial charge in [-0.25, -0.2) is 9.59 Å². The quantitative estimate of drug-likeness (QED) is 0.122. The van der Waals surface area contributed by atoms with Gasteiger partial charge in [-0.1, -0.05) is 18.6 Å². The van der Waals surface area contributed by atoms with Crippen molar-refractivity contribution in [2.75, 3.05) is 13.2 Å². The molecule has 2 heterocycles. The molecule has 3 fully saturated rings. The lowest BCUT2D eigenvalue weighted by Gasteiger charge is -2.50. The second-order valence-electron chi connectivity index (χ2n) is 16.3. The van der Waals surface area contributed by atoms with Crippen LogP contribution in [0.2, 0.25) is 0 Å². The zero-order valence-corrected chi connectivity index (χ0v) is 32.4. The molecule has 2 aliphatic heterocycles. The van der Waals surface area contributed by atoms with Gasteiger partial charge in [0.1, 0.15) is 66.1 Å². The minimum absolute atomic E-state index is 0.0149. The molecular formula is C42H44O20. The molecule has 3 aromatic carbocycles. The number of carbonyl (C=O) groups excluding carboxylic acids is 2. The Morgan fingerprint density at radius 2 is 1.21 bits per heavy atom. The molecule has 1 saturated carbocycles. The highest BCUT2D eigenvalue weighted by atomic mass is 16.7. The van der Waals surface area contributed by atoms with Gasteiger partial charge in [0.15, 0.2) is 12.1 Å². The highest BCUT2D eigenvalue weighted by Gasteiger charge is 2.56. The summed E-state index contributed by atoms with van der Waals surface area (Å²) in [4.78, 5) is 54.5. The van der Waals surface area contributed by atoms with E-state index >= 15 is 0 Å². The SMILES string of the molecule is O=C(O)c1cc(O)c2c(c1)[C@H]([C@H]1c3cc(C(=O)O)cc(O)c3C(=O)C3C(O[C@H]4O[C@H](CO)[C@@H](O)[C@H](O)[C@H]4O)CCC[C@@H]31)c1cccc(O[C@@H]3O[C@H](CO)[C@@H](O)[C@H](O)[C@H]3O)c1C2=O. The molecule has 332 valence electrons. The van der Waals surface area contributed by atoms with Crippen LogP contribution in [-0.2, 0) is 14.2 Å². The first kappa shape index (κ1) is 43.5. The van der Waals surface area contributed by atoms with Crippen LogP contribution < -0.4 is 4.74 Å². The summed E-state index contributed by atoms with van der Waals surface area (Å²) in [6.45, 7) is -1.58. The maximum atomic E-state index is 14.8. The number of rotatable bonds is 9. The summed E-state index contributed by atoms with van der Waals surface area (Å²) in [5.74, 6) is -11.0. The first-order chi connectivity index (χ1) is 29.5. The number of hydrogen-bond donors (Lipinski definition) is 12. The van der Waals surface area contributed by atoms with E-state index in [4.69, 9.17) is 18.9 Å². The van der Waals surface area contributed by atoms with Crippen molar-refractivity contribution in [1.29, 1.82) is 0 Å².